The second kappa shape index (κ2) is 6.11. The van der Waals surface area contributed by atoms with Crippen LogP contribution in [0, 0.1) is 5.82 Å². The Labute approximate surface area is 125 Å². The third-order valence-corrected chi connectivity index (χ3v) is 3.23. The van der Waals surface area contributed by atoms with Gasteiger partial charge in [0.2, 0.25) is 0 Å². The first-order valence-electron chi connectivity index (χ1n) is 5.75. The molecule has 0 aromatic heterocycles. The molecule has 0 saturated heterocycles. The summed E-state index contributed by atoms with van der Waals surface area (Å²) in [5, 5.41) is 5.28. The van der Waals surface area contributed by atoms with Crippen LogP contribution < -0.4 is 10.6 Å². The van der Waals surface area contributed by atoms with Crippen molar-refractivity contribution in [3.63, 3.8) is 0 Å². The summed E-state index contributed by atoms with van der Waals surface area (Å²) < 4.78 is 13.3. The summed E-state index contributed by atoms with van der Waals surface area (Å²) in [6.45, 7) is 0. The monoisotopic (exact) mass is 312 g/mol. The fourth-order valence-electron chi connectivity index (χ4n) is 1.62. The summed E-state index contributed by atoms with van der Waals surface area (Å²) in [6, 6.07) is 9.52. The van der Waals surface area contributed by atoms with Gasteiger partial charge in [-0.2, -0.15) is 0 Å². The highest BCUT2D eigenvalue weighted by Gasteiger charge is 2.11. The number of amides is 1. The highest BCUT2D eigenvalue weighted by atomic mass is 35.5. The lowest BCUT2D eigenvalue weighted by molar-refractivity contribution is 0.102. The zero-order chi connectivity index (χ0) is 14.7. The van der Waals surface area contributed by atoms with E-state index >= 15 is 0 Å². The maximum Gasteiger partial charge on any atom is 0.255 e. The van der Waals surface area contributed by atoms with Crippen LogP contribution in [0.4, 0.5) is 15.8 Å². The largest absolute Gasteiger partial charge is 0.388 e. The Morgan fingerprint density at radius 1 is 1.05 bits per heavy atom. The maximum absolute atomic E-state index is 13.3. The van der Waals surface area contributed by atoms with Crippen LogP contribution in [0.2, 0.25) is 10.0 Å². The maximum atomic E-state index is 13.3. The summed E-state index contributed by atoms with van der Waals surface area (Å²) in [7, 11) is 1.79. The SMILES string of the molecule is CNc1ccc(C(=O)Nc2cc(Cl)c(F)c(Cl)c2)cc1. The van der Waals surface area contributed by atoms with E-state index in [2.05, 4.69) is 10.6 Å². The molecule has 1 amide bonds. The topological polar surface area (TPSA) is 41.1 Å². The van der Waals surface area contributed by atoms with Gasteiger partial charge in [-0.15, -0.1) is 0 Å². The van der Waals surface area contributed by atoms with Crippen molar-refractivity contribution in [3.8, 4) is 0 Å². The van der Waals surface area contributed by atoms with Gasteiger partial charge in [0, 0.05) is 24.0 Å². The quantitative estimate of drug-likeness (QED) is 0.823. The van der Waals surface area contributed by atoms with Crippen molar-refractivity contribution < 1.29 is 9.18 Å². The average molecular weight is 313 g/mol. The van der Waals surface area contributed by atoms with Crippen LogP contribution in [0.1, 0.15) is 10.4 Å². The number of carbonyl (C=O) groups excluding carboxylic acids is 1. The first-order valence-corrected chi connectivity index (χ1v) is 6.50. The number of hydrogen-bond donors (Lipinski definition) is 2. The first-order chi connectivity index (χ1) is 9.51. The van der Waals surface area contributed by atoms with E-state index in [-0.39, 0.29) is 16.0 Å². The Morgan fingerprint density at radius 3 is 2.10 bits per heavy atom. The van der Waals surface area contributed by atoms with Crippen molar-refractivity contribution in [2.75, 3.05) is 17.7 Å². The molecule has 0 aliphatic carbocycles. The van der Waals surface area contributed by atoms with Crippen LogP contribution in [0.3, 0.4) is 0 Å². The minimum Gasteiger partial charge on any atom is -0.388 e. The molecular weight excluding hydrogens is 302 g/mol. The number of rotatable bonds is 3. The summed E-state index contributed by atoms with van der Waals surface area (Å²) in [5.74, 6) is -1.03. The van der Waals surface area contributed by atoms with Crippen LogP contribution in [0.25, 0.3) is 0 Å². The van der Waals surface area contributed by atoms with Gasteiger partial charge in [-0.25, -0.2) is 4.39 Å². The Morgan fingerprint density at radius 2 is 1.60 bits per heavy atom. The number of anilines is 2. The Balaban J connectivity index is 2.18. The van der Waals surface area contributed by atoms with E-state index in [0.717, 1.165) is 5.69 Å². The van der Waals surface area contributed by atoms with E-state index in [1.165, 1.54) is 12.1 Å². The molecule has 0 radical (unpaired) electrons. The van der Waals surface area contributed by atoms with Crippen molar-refractivity contribution in [1.82, 2.24) is 0 Å². The molecule has 0 spiro atoms. The molecule has 0 heterocycles. The van der Waals surface area contributed by atoms with E-state index in [4.69, 9.17) is 23.2 Å². The van der Waals surface area contributed by atoms with Gasteiger partial charge >= 0.3 is 0 Å². The van der Waals surface area contributed by atoms with Crippen molar-refractivity contribution in [1.29, 1.82) is 0 Å². The van der Waals surface area contributed by atoms with E-state index < -0.39 is 5.82 Å². The molecule has 0 atom stereocenters. The summed E-state index contributed by atoms with van der Waals surface area (Å²) >= 11 is 11.3. The van der Waals surface area contributed by atoms with Gasteiger partial charge < -0.3 is 10.6 Å². The Kier molecular flexibility index (Phi) is 4.47. The molecule has 0 bridgehead atoms. The molecule has 3 nitrogen and oxygen atoms in total. The fraction of sp³-hybridized carbons (Fsp3) is 0.0714. The molecule has 2 aromatic carbocycles. The number of hydrogen-bond acceptors (Lipinski definition) is 2. The van der Waals surface area contributed by atoms with Crippen molar-refractivity contribution >= 4 is 40.5 Å². The highest BCUT2D eigenvalue weighted by Crippen LogP contribution is 2.27. The first kappa shape index (κ1) is 14.6. The summed E-state index contributed by atoms with van der Waals surface area (Å²) in [6.07, 6.45) is 0. The smallest absolute Gasteiger partial charge is 0.255 e. The second-order valence-electron chi connectivity index (χ2n) is 4.04. The van der Waals surface area contributed by atoms with Crippen LogP contribution in [-0.4, -0.2) is 13.0 Å². The molecule has 6 heteroatoms. The number of nitrogens with one attached hydrogen (secondary N) is 2. The van der Waals surface area contributed by atoms with Crippen LogP contribution in [0.15, 0.2) is 36.4 Å². The van der Waals surface area contributed by atoms with Crippen molar-refractivity contribution in [2.45, 2.75) is 0 Å². The lowest BCUT2D eigenvalue weighted by Gasteiger charge is -2.08. The molecule has 0 unspecified atom stereocenters. The fourth-order valence-corrected chi connectivity index (χ4v) is 2.11. The molecule has 2 N–H and O–H groups in total. The van der Waals surface area contributed by atoms with Crippen LogP contribution in [-0.2, 0) is 0 Å². The van der Waals surface area contributed by atoms with Crippen molar-refractivity contribution in [3.05, 3.63) is 57.8 Å². The van der Waals surface area contributed by atoms with Crippen molar-refractivity contribution in [2.24, 2.45) is 0 Å². The van der Waals surface area contributed by atoms with E-state index in [1.54, 1.807) is 31.3 Å². The minimum atomic E-state index is -0.704. The van der Waals surface area contributed by atoms with E-state index in [1.807, 2.05) is 0 Å². The molecule has 0 saturated carbocycles. The highest BCUT2D eigenvalue weighted by molar-refractivity contribution is 6.35. The van der Waals surface area contributed by atoms with Gasteiger partial charge in [0.15, 0.2) is 5.82 Å². The minimum absolute atomic E-state index is 0.140. The summed E-state index contributed by atoms with van der Waals surface area (Å²) in [4.78, 5) is 12.0. The lowest BCUT2D eigenvalue weighted by atomic mass is 10.2. The van der Waals surface area contributed by atoms with E-state index in [9.17, 15) is 9.18 Å². The normalized spacial score (nSPS) is 10.2. The number of benzene rings is 2. The van der Waals surface area contributed by atoms with Gasteiger partial charge in [-0.3, -0.25) is 4.79 Å². The molecular formula is C14H11Cl2FN2O. The molecule has 2 rings (SSSR count). The standard InChI is InChI=1S/C14H11Cl2FN2O/c1-18-9-4-2-8(3-5-9)14(20)19-10-6-11(15)13(17)12(16)7-10/h2-7,18H,1H3,(H,19,20). The van der Waals surface area contributed by atoms with Gasteiger partial charge in [0.1, 0.15) is 0 Å². The van der Waals surface area contributed by atoms with Crippen LogP contribution >= 0.6 is 23.2 Å². The van der Waals surface area contributed by atoms with Gasteiger partial charge in [0.05, 0.1) is 10.0 Å². The molecule has 20 heavy (non-hydrogen) atoms. The van der Waals surface area contributed by atoms with E-state index in [0.29, 0.717) is 11.3 Å². The van der Waals surface area contributed by atoms with Gasteiger partial charge in [-0.1, -0.05) is 23.2 Å². The van der Waals surface area contributed by atoms with Gasteiger partial charge in [-0.05, 0) is 36.4 Å². The average Bonchev–Trinajstić information content (AvgIpc) is 2.44. The molecule has 0 fully saturated rings. The third kappa shape index (κ3) is 3.21. The molecule has 2 aromatic rings. The summed E-state index contributed by atoms with van der Waals surface area (Å²) in [5.41, 5.74) is 1.71. The second-order valence-corrected chi connectivity index (χ2v) is 4.85. The predicted molar refractivity (Wildman–Crippen MR) is 80.4 cm³/mol. The number of carbonyl (C=O) groups is 1. The zero-order valence-corrected chi connectivity index (χ0v) is 12.0. The van der Waals surface area contributed by atoms with Crippen LogP contribution in [0.5, 0.6) is 0 Å². The third-order valence-electron chi connectivity index (χ3n) is 2.68. The molecule has 0 aliphatic rings. The van der Waals surface area contributed by atoms with Gasteiger partial charge in [0.25, 0.3) is 5.91 Å². The zero-order valence-electron chi connectivity index (χ0n) is 10.5. The Hall–Kier alpha value is -1.78. The number of halogens is 3. The predicted octanol–water partition coefficient (Wildman–Crippen LogP) is 4.43. The Bertz CT molecular complexity index is 621. The lowest BCUT2D eigenvalue weighted by Crippen LogP contribution is -2.12. The molecule has 0 aliphatic heterocycles. The molecule has 104 valence electrons.